The van der Waals surface area contributed by atoms with Gasteiger partial charge in [0.2, 0.25) is 5.91 Å². The molecular weight excluding hydrogens is 472 g/mol. The molecule has 0 saturated carbocycles. The topological polar surface area (TPSA) is 83.4 Å². The molecule has 0 unspecified atom stereocenters. The number of rotatable bonds is 8. The van der Waals surface area contributed by atoms with Gasteiger partial charge in [-0.3, -0.25) is 9.59 Å². The van der Waals surface area contributed by atoms with Crippen molar-refractivity contribution in [3.05, 3.63) is 71.5 Å². The SMILES string of the molecule is Cc1cccc(C(=O)N[C@H](c2nnc(SCC(=O)N3CCN(c4ccccc4)CC3)n2C)C(C)C)c1. The first kappa shape index (κ1) is 25.8. The molecule has 8 nitrogen and oxygen atoms in total. The van der Waals surface area contributed by atoms with Gasteiger partial charge in [-0.25, -0.2) is 0 Å². The molecule has 1 N–H and O–H groups in total. The Morgan fingerprint density at radius 2 is 1.72 bits per heavy atom. The number of hydrogen-bond donors (Lipinski definition) is 1. The maximum atomic E-state index is 12.9. The molecule has 0 spiro atoms. The van der Waals surface area contributed by atoms with Gasteiger partial charge in [0.1, 0.15) is 0 Å². The number of hydrogen-bond acceptors (Lipinski definition) is 6. The van der Waals surface area contributed by atoms with Crippen molar-refractivity contribution in [2.45, 2.75) is 32.0 Å². The minimum Gasteiger partial charge on any atom is -0.368 e. The van der Waals surface area contributed by atoms with Gasteiger partial charge in [-0.05, 0) is 37.1 Å². The molecule has 36 heavy (non-hydrogen) atoms. The first-order valence-corrected chi connectivity index (χ1v) is 13.3. The van der Waals surface area contributed by atoms with Crippen LogP contribution in [0, 0.1) is 12.8 Å². The van der Waals surface area contributed by atoms with E-state index >= 15 is 0 Å². The zero-order valence-electron chi connectivity index (χ0n) is 21.3. The molecule has 1 atom stereocenters. The fourth-order valence-electron chi connectivity index (χ4n) is 4.33. The molecule has 0 radical (unpaired) electrons. The number of nitrogens with one attached hydrogen (secondary N) is 1. The third kappa shape index (κ3) is 6.07. The van der Waals surface area contributed by atoms with Gasteiger partial charge in [0, 0.05) is 44.5 Å². The number of aryl methyl sites for hydroxylation is 1. The molecule has 1 aliphatic heterocycles. The number of carbonyl (C=O) groups excluding carboxylic acids is 2. The van der Waals surface area contributed by atoms with E-state index in [0.717, 1.165) is 18.7 Å². The predicted molar refractivity (Wildman–Crippen MR) is 143 cm³/mol. The lowest BCUT2D eigenvalue weighted by molar-refractivity contribution is -0.128. The van der Waals surface area contributed by atoms with Gasteiger partial charge in [-0.2, -0.15) is 0 Å². The zero-order chi connectivity index (χ0) is 25.7. The molecule has 2 aromatic carbocycles. The normalized spacial score (nSPS) is 14.7. The maximum absolute atomic E-state index is 12.9. The zero-order valence-corrected chi connectivity index (χ0v) is 22.2. The molecule has 190 valence electrons. The largest absolute Gasteiger partial charge is 0.368 e. The predicted octanol–water partition coefficient (Wildman–Crippen LogP) is 3.69. The number of thioether (sulfide) groups is 1. The van der Waals surface area contributed by atoms with Crippen molar-refractivity contribution in [2.75, 3.05) is 36.8 Å². The molecule has 0 bridgehead atoms. The summed E-state index contributed by atoms with van der Waals surface area (Å²) in [6.07, 6.45) is 0. The molecule has 1 saturated heterocycles. The summed E-state index contributed by atoms with van der Waals surface area (Å²) in [5.41, 5.74) is 2.85. The summed E-state index contributed by atoms with van der Waals surface area (Å²) in [5, 5.41) is 12.5. The lowest BCUT2D eigenvalue weighted by atomic mass is 10.0. The van der Waals surface area contributed by atoms with Crippen LogP contribution in [0.2, 0.25) is 0 Å². The summed E-state index contributed by atoms with van der Waals surface area (Å²) >= 11 is 1.38. The van der Waals surface area contributed by atoms with E-state index in [4.69, 9.17) is 0 Å². The summed E-state index contributed by atoms with van der Waals surface area (Å²) < 4.78 is 1.88. The van der Waals surface area contributed by atoms with Crippen LogP contribution in [0.15, 0.2) is 59.8 Å². The molecule has 1 fully saturated rings. The highest BCUT2D eigenvalue weighted by atomic mass is 32.2. The Kier molecular flexibility index (Phi) is 8.30. The Labute approximate surface area is 217 Å². The summed E-state index contributed by atoms with van der Waals surface area (Å²) in [5.74, 6) is 1.06. The van der Waals surface area contributed by atoms with E-state index in [-0.39, 0.29) is 23.8 Å². The van der Waals surface area contributed by atoms with Crippen LogP contribution in [-0.2, 0) is 11.8 Å². The third-order valence-corrected chi connectivity index (χ3v) is 7.46. The number of para-hydroxylation sites is 1. The highest BCUT2D eigenvalue weighted by Gasteiger charge is 2.26. The molecule has 2 amide bonds. The monoisotopic (exact) mass is 506 g/mol. The number of benzene rings is 2. The molecular formula is C27H34N6O2S. The molecule has 2 heterocycles. The van der Waals surface area contributed by atoms with Crippen molar-refractivity contribution < 1.29 is 9.59 Å². The van der Waals surface area contributed by atoms with Crippen molar-refractivity contribution in [2.24, 2.45) is 13.0 Å². The van der Waals surface area contributed by atoms with Gasteiger partial charge in [-0.15, -0.1) is 10.2 Å². The van der Waals surface area contributed by atoms with E-state index in [9.17, 15) is 9.59 Å². The molecule has 1 aromatic heterocycles. The molecule has 4 rings (SSSR count). The van der Waals surface area contributed by atoms with Crippen LogP contribution < -0.4 is 10.2 Å². The van der Waals surface area contributed by atoms with Crippen LogP contribution in [0.5, 0.6) is 0 Å². The van der Waals surface area contributed by atoms with Crippen LogP contribution in [0.4, 0.5) is 5.69 Å². The smallest absolute Gasteiger partial charge is 0.251 e. The van der Waals surface area contributed by atoms with Crippen molar-refractivity contribution in [3.63, 3.8) is 0 Å². The lowest BCUT2D eigenvalue weighted by Gasteiger charge is -2.36. The Balaban J connectivity index is 1.34. The third-order valence-electron chi connectivity index (χ3n) is 6.46. The Morgan fingerprint density at radius 3 is 2.39 bits per heavy atom. The summed E-state index contributed by atoms with van der Waals surface area (Å²) in [7, 11) is 1.88. The quantitative estimate of drug-likeness (QED) is 0.469. The number of nitrogens with zero attached hydrogens (tertiary/aromatic N) is 5. The summed E-state index contributed by atoms with van der Waals surface area (Å²) in [4.78, 5) is 30.0. The van der Waals surface area contributed by atoms with Crippen LogP contribution >= 0.6 is 11.8 Å². The van der Waals surface area contributed by atoms with Gasteiger partial charge >= 0.3 is 0 Å². The highest BCUT2D eigenvalue weighted by molar-refractivity contribution is 7.99. The van der Waals surface area contributed by atoms with Crippen molar-refractivity contribution in [1.82, 2.24) is 25.0 Å². The van der Waals surface area contributed by atoms with E-state index < -0.39 is 0 Å². The molecule has 9 heteroatoms. The first-order valence-electron chi connectivity index (χ1n) is 12.3. The maximum Gasteiger partial charge on any atom is 0.251 e. The number of anilines is 1. The van der Waals surface area contributed by atoms with Crippen LogP contribution in [-0.4, -0.2) is 63.4 Å². The van der Waals surface area contributed by atoms with Crippen molar-refractivity contribution >= 4 is 29.3 Å². The first-order chi connectivity index (χ1) is 17.3. The minimum absolute atomic E-state index is 0.102. The molecule has 0 aliphatic carbocycles. The second kappa shape index (κ2) is 11.6. The standard InChI is InChI=1S/C27H34N6O2S/c1-19(2)24(28-26(35)21-10-8-9-20(3)17-21)25-29-30-27(31(25)4)36-18-23(34)33-15-13-32(14-16-33)22-11-6-5-7-12-22/h5-12,17,19,24H,13-16,18H2,1-4H3,(H,28,35)/t24-/m0/s1. The molecule has 1 aliphatic rings. The number of piperazine rings is 1. The Morgan fingerprint density at radius 1 is 1.00 bits per heavy atom. The lowest BCUT2D eigenvalue weighted by Crippen LogP contribution is -2.49. The Hall–Kier alpha value is -3.33. The van der Waals surface area contributed by atoms with E-state index in [1.165, 1.54) is 17.4 Å². The second-order valence-electron chi connectivity index (χ2n) is 9.46. The average Bonchev–Trinajstić information content (AvgIpc) is 3.25. The van der Waals surface area contributed by atoms with Gasteiger partial charge in [0.05, 0.1) is 11.8 Å². The van der Waals surface area contributed by atoms with Crippen molar-refractivity contribution in [1.29, 1.82) is 0 Å². The fraction of sp³-hybridized carbons (Fsp3) is 0.407. The van der Waals surface area contributed by atoms with Gasteiger partial charge in [0.15, 0.2) is 11.0 Å². The van der Waals surface area contributed by atoms with Crippen LogP contribution in [0.25, 0.3) is 0 Å². The molecule has 3 aromatic rings. The highest BCUT2D eigenvalue weighted by Crippen LogP contribution is 2.25. The van der Waals surface area contributed by atoms with E-state index in [0.29, 0.717) is 35.4 Å². The van der Waals surface area contributed by atoms with Gasteiger partial charge < -0.3 is 19.7 Å². The van der Waals surface area contributed by atoms with Gasteiger partial charge in [0.25, 0.3) is 5.91 Å². The minimum atomic E-state index is -0.299. The number of carbonyl (C=O) groups is 2. The van der Waals surface area contributed by atoms with Gasteiger partial charge in [-0.1, -0.05) is 61.5 Å². The number of aromatic nitrogens is 3. The average molecular weight is 507 g/mol. The van der Waals surface area contributed by atoms with Crippen LogP contribution in [0.3, 0.4) is 0 Å². The summed E-state index contributed by atoms with van der Waals surface area (Å²) in [6.45, 7) is 9.12. The number of amides is 2. The summed E-state index contributed by atoms with van der Waals surface area (Å²) in [6, 6.07) is 17.5. The Bertz CT molecular complexity index is 1190. The second-order valence-corrected chi connectivity index (χ2v) is 10.4. The van der Waals surface area contributed by atoms with E-state index in [1.807, 2.05) is 79.8 Å². The van der Waals surface area contributed by atoms with Crippen LogP contribution in [0.1, 0.15) is 41.6 Å². The van der Waals surface area contributed by atoms with Crippen molar-refractivity contribution in [3.8, 4) is 0 Å². The van der Waals surface area contributed by atoms with E-state index in [1.54, 1.807) is 0 Å². The fourth-order valence-corrected chi connectivity index (χ4v) is 5.15. The van der Waals surface area contributed by atoms with E-state index in [2.05, 4.69) is 32.5 Å².